The first kappa shape index (κ1) is 31.6. The number of hydrogen-bond donors (Lipinski definition) is 0. The third-order valence-corrected chi connectivity index (χ3v) is 7.02. The summed E-state index contributed by atoms with van der Waals surface area (Å²) in [6.45, 7) is 13.6. The number of ether oxygens (including phenoxy) is 6. The molecule has 0 bridgehead atoms. The Morgan fingerprint density at radius 1 is 0.381 bits per heavy atom. The van der Waals surface area contributed by atoms with Crippen molar-refractivity contribution in [2.24, 2.45) is 0 Å². The normalized spacial score (nSPS) is 23.7. The number of benzene rings is 3. The van der Waals surface area contributed by atoms with E-state index in [0.29, 0.717) is 39.6 Å². The maximum atomic E-state index is 6.68. The highest BCUT2D eigenvalue weighted by molar-refractivity contribution is 5.16. The van der Waals surface area contributed by atoms with Crippen molar-refractivity contribution in [3.8, 4) is 0 Å². The van der Waals surface area contributed by atoms with Gasteiger partial charge in [-0.25, -0.2) is 0 Å². The molecule has 222 valence electrons. The Hall–Kier alpha value is -3.36. The Kier molecular flexibility index (Phi) is 13.2. The molecule has 0 saturated heterocycles. The molecule has 0 radical (unpaired) electrons. The van der Waals surface area contributed by atoms with E-state index < -0.39 is 36.6 Å². The first-order valence-electron chi connectivity index (χ1n) is 14.4. The van der Waals surface area contributed by atoms with E-state index in [-0.39, 0.29) is 0 Å². The van der Waals surface area contributed by atoms with Gasteiger partial charge in [-0.15, -0.1) is 19.7 Å². The fraction of sp³-hybridized carbons (Fsp3) is 0.333. The maximum absolute atomic E-state index is 6.68. The lowest BCUT2D eigenvalue weighted by Gasteiger charge is -2.49. The molecule has 6 atom stereocenters. The van der Waals surface area contributed by atoms with Crippen LogP contribution in [0.2, 0.25) is 0 Å². The first-order valence-corrected chi connectivity index (χ1v) is 14.4. The molecule has 0 aliphatic heterocycles. The zero-order chi connectivity index (χ0) is 29.4. The molecule has 1 saturated carbocycles. The quantitative estimate of drug-likeness (QED) is 0.164. The van der Waals surface area contributed by atoms with E-state index in [2.05, 4.69) is 19.7 Å². The predicted molar refractivity (Wildman–Crippen MR) is 165 cm³/mol. The SMILES string of the molecule is C=CCO[C@H]1[C@H](OCC=C)[C@@H](OCc2ccccc2)[C@@H](OCc2ccccc2)[C@@H](OCC=C)[C@H]1OCc1ccccc1. The second-order valence-electron chi connectivity index (χ2n) is 10.0. The van der Waals surface area contributed by atoms with Gasteiger partial charge in [-0.2, -0.15) is 0 Å². The van der Waals surface area contributed by atoms with Crippen LogP contribution in [0.5, 0.6) is 0 Å². The molecule has 1 aliphatic rings. The summed E-state index contributed by atoms with van der Waals surface area (Å²) in [6, 6.07) is 30.1. The lowest BCUT2D eigenvalue weighted by atomic mass is 9.83. The van der Waals surface area contributed by atoms with Gasteiger partial charge in [0.15, 0.2) is 0 Å². The zero-order valence-electron chi connectivity index (χ0n) is 24.2. The van der Waals surface area contributed by atoms with E-state index in [0.717, 1.165) is 16.7 Å². The minimum atomic E-state index is -0.548. The highest BCUT2D eigenvalue weighted by Gasteiger charge is 2.54. The van der Waals surface area contributed by atoms with Crippen LogP contribution in [0, 0.1) is 0 Å². The second kappa shape index (κ2) is 17.6. The van der Waals surface area contributed by atoms with E-state index in [1.165, 1.54) is 0 Å². The third kappa shape index (κ3) is 9.07. The van der Waals surface area contributed by atoms with Crippen molar-refractivity contribution in [1.82, 2.24) is 0 Å². The molecule has 0 spiro atoms. The zero-order valence-corrected chi connectivity index (χ0v) is 24.2. The molecule has 0 amide bonds. The Bertz CT molecular complexity index is 1190. The molecule has 0 heterocycles. The smallest absolute Gasteiger partial charge is 0.116 e. The van der Waals surface area contributed by atoms with Gasteiger partial charge in [0.2, 0.25) is 0 Å². The van der Waals surface area contributed by atoms with Crippen LogP contribution in [0.1, 0.15) is 16.7 Å². The lowest BCUT2D eigenvalue weighted by molar-refractivity contribution is -0.283. The molecule has 0 unspecified atom stereocenters. The fourth-order valence-electron chi connectivity index (χ4n) is 5.10. The highest BCUT2D eigenvalue weighted by atomic mass is 16.6. The predicted octanol–water partition coefficient (Wildman–Crippen LogP) is 6.47. The van der Waals surface area contributed by atoms with E-state index in [1.807, 2.05) is 91.0 Å². The molecule has 6 heteroatoms. The molecule has 3 aromatic carbocycles. The molecule has 42 heavy (non-hydrogen) atoms. The van der Waals surface area contributed by atoms with Crippen molar-refractivity contribution in [2.75, 3.05) is 19.8 Å². The molecular weight excluding hydrogens is 528 g/mol. The van der Waals surface area contributed by atoms with Gasteiger partial charge >= 0.3 is 0 Å². The summed E-state index contributed by atoms with van der Waals surface area (Å²) >= 11 is 0. The van der Waals surface area contributed by atoms with Crippen molar-refractivity contribution in [2.45, 2.75) is 56.4 Å². The Labute approximate surface area is 250 Å². The Morgan fingerprint density at radius 3 is 0.857 bits per heavy atom. The van der Waals surface area contributed by atoms with Crippen molar-refractivity contribution in [3.05, 3.63) is 146 Å². The third-order valence-electron chi connectivity index (χ3n) is 7.02. The standard InChI is InChI=1S/C36H42O6/c1-4-22-37-31-32(38-23-5-2)35(41-26-29-18-12-8-13-19-29)36(42-27-30-20-14-9-15-21-30)33(39-24-6-3)34(31)40-25-28-16-10-7-11-17-28/h4-21,31-36H,1-3,22-27H2/t31-,32-,33-,34-,35+,36-/m0/s1. The molecule has 1 aliphatic carbocycles. The Balaban J connectivity index is 1.72. The molecule has 1 fully saturated rings. The van der Waals surface area contributed by atoms with Gasteiger partial charge in [-0.3, -0.25) is 0 Å². The first-order chi connectivity index (χ1) is 20.7. The summed E-state index contributed by atoms with van der Waals surface area (Å²) < 4.78 is 39.2. The van der Waals surface area contributed by atoms with Gasteiger partial charge in [0, 0.05) is 0 Å². The van der Waals surface area contributed by atoms with Crippen molar-refractivity contribution < 1.29 is 28.4 Å². The van der Waals surface area contributed by atoms with Gasteiger partial charge in [0.05, 0.1) is 39.6 Å². The van der Waals surface area contributed by atoms with E-state index in [4.69, 9.17) is 28.4 Å². The fourth-order valence-corrected chi connectivity index (χ4v) is 5.10. The van der Waals surface area contributed by atoms with E-state index >= 15 is 0 Å². The van der Waals surface area contributed by atoms with Crippen LogP contribution in [-0.4, -0.2) is 56.4 Å². The second-order valence-corrected chi connectivity index (χ2v) is 10.0. The maximum Gasteiger partial charge on any atom is 0.116 e. The summed E-state index contributed by atoms with van der Waals surface area (Å²) in [5, 5.41) is 0. The monoisotopic (exact) mass is 570 g/mol. The topological polar surface area (TPSA) is 55.4 Å². The van der Waals surface area contributed by atoms with E-state index in [9.17, 15) is 0 Å². The van der Waals surface area contributed by atoms with Gasteiger partial charge < -0.3 is 28.4 Å². The molecule has 0 aromatic heterocycles. The summed E-state index contributed by atoms with van der Waals surface area (Å²) in [7, 11) is 0. The van der Waals surface area contributed by atoms with Crippen molar-refractivity contribution in [1.29, 1.82) is 0 Å². The van der Waals surface area contributed by atoms with Crippen LogP contribution < -0.4 is 0 Å². The average molecular weight is 571 g/mol. The van der Waals surface area contributed by atoms with Gasteiger partial charge in [-0.1, -0.05) is 109 Å². The Morgan fingerprint density at radius 2 is 0.619 bits per heavy atom. The summed E-state index contributed by atoms with van der Waals surface area (Å²) in [4.78, 5) is 0. The van der Waals surface area contributed by atoms with Crippen LogP contribution in [0.15, 0.2) is 129 Å². The van der Waals surface area contributed by atoms with Crippen LogP contribution >= 0.6 is 0 Å². The largest absolute Gasteiger partial charge is 0.369 e. The molecule has 3 aromatic rings. The summed E-state index contributed by atoms with van der Waals surface area (Å²) in [5.41, 5.74) is 3.11. The minimum absolute atomic E-state index is 0.304. The van der Waals surface area contributed by atoms with Gasteiger partial charge in [-0.05, 0) is 16.7 Å². The molecule has 0 N–H and O–H groups in total. The number of hydrogen-bond acceptors (Lipinski definition) is 6. The minimum Gasteiger partial charge on any atom is -0.369 e. The van der Waals surface area contributed by atoms with Crippen LogP contribution in [0.25, 0.3) is 0 Å². The van der Waals surface area contributed by atoms with E-state index in [1.54, 1.807) is 18.2 Å². The average Bonchev–Trinajstić information content (AvgIpc) is 3.04. The van der Waals surface area contributed by atoms with Gasteiger partial charge in [0.25, 0.3) is 0 Å². The number of rotatable bonds is 18. The highest BCUT2D eigenvalue weighted by Crippen LogP contribution is 2.35. The molecule has 4 rings (SSSR count). The van der Waals surface area contributed by atoms with Crippen molar-refractivity contribution in [3.63, 3.8) is 0 Å². The van der Waals surface area contributed by atoms with Crippen molar-refractivity contribution >= 4 is 0 Å². The summed E-state index contributed by atoms with van der Waals surface area (Å²) in [5.74, 6) is 0. The van der Waals surface area contributed by atoms with Crippen LogP contribution in [-0.2, 0) is 48.2 Å². The summed E-state index contributed by atoms with van der Waals surface area (Å²) in [6.07, 6.45) is 1.89. The molecular formula is C36H42O6. The van der Waals surface area contributed by atoms with Crippen LogP contribution in [0.4, 0.5) is 0 Å². The van der Waals surface area contributed by atoms with Gasteiger partial charge in [0.1, 0.15) is 36.6 Å². The van der Waals surface area contributed by atoms with Crippen LogP contribution in [0.3, 0.4) is 0 Å². The lowest BCUT2D eigenvalue weighted by Crippen LogP contribution is -2.67. The molecule has 6 nitrogen and oxygen atoms in total.